The van der Waals surface area contributed by atoms with Crippen LogP contribution in [-0.2, 0) is 86.1 Å². The summed E-state index contributed by atoms with van der Waals surface area (Å²) in [5.74, 6) is -6.17. The molecular weight excluding hydrogens is 672 g/mol. The first-order valence-electron chi connectivity index (χ1n) is 14.2. The summed E-state index contributed by atoms with van der Waals surface area (Å²) in [6, 6.07) is 0. The molecule has 0 N–H and O–H groups in total. The number of Topliss-reactive ketones (excluding diaryl/α,β-unsaturated/α-hetero) is 2. The maximum absolute atomic E-state index is 14.1. The van der Waals surface area contributed by atoms with Crippen molar-refractivity contribution in [2.24, 2.45) is 0 Å². The first-order chi connectivity index (χ1) is 21.8. The number of ether oxygens (including phenoxy) is 8. The van der Waals surface area contributed by atoms with E-state index in [0.29, 0.717) is 10.8 Å². The lowest BCUT2D eigenvalue weighted by Crippen LogP contribution is -2.63. The minimum atomic E-state index is -2.44. The van der Waals surface area contributed by atoms with Gasteiger partial charge < -0.3 is 37.9 Å². The minimum absolute atomic E-state index is 0.374. The summed E-state index contributed by atoms with van der Waals surface area (Å²) in [6.07, 6.45) is -12.7. The molecule has 0 saturated carbocycles. The van der Waals surface area contributed by atoms with E-state index < -0.39 is 123 Å². The highest BCUT2D eigenvalue weighted by molar-refractivity contribution is 8.69. The predicted molar refractivity (Wildman–Crippen MR) is 157 cm³/mol. The molecule has 17 nitrogen and oxygen atoms in total. The standard InChI is InChI=1S/C28H38O17S2/c1-11(29)9-19-21(38-13(3)31)23(40-15(5)33)25(42-17(7)35)27(44-19)46-47(37)28-26(43-18(8)36)24(41-16(6)34)22(39-14(4)32)20(45-28)10-12(2)30/h19-28H,9-10H2,1-8H3/t19-,20-,21-,22-,23+,24+,25-,26-,27+,28+,47?/m1/s1. The highest BCUT2D eigenvalue weighted by atomic mass is 33.1. The molecule has 0 spiro atoms. The van der Waals surface area contributed by atoms with Gasteiger partial charge in [-0.25, -0.2) is 4.21 Å². The van der Waals surface area contributed by atoms with Gasteiger partial charge in [-0.05, 0) is 24.6 Å². The van der Waals surface area contributed by atoms with Gasteiger partial charge in [-0.3, -0.25) is 38.4 Å². The topological polar surface area (TPSA) is 227 Å². The fourth-order valence-electron chi connectivity index (χ4n) is 4.99. The molecule has 1 unspecified atom stereocenters. The van der Waals surface area contributed by atoms with Gasteiger partial charge in [-0.2, -0.15) is 0 Å². The van der Waals surface area contributed by atoms with Crippen LogP contribution in [0.2, 0.25) is 0 Å². The summed E-state index contributed by atoms with van der Waals surface area (Å²) >= 11 is 0. The van der Waals surface area contributed by atoms with Crippen LogP contribution in [0.5, 0.6) is 0 Å². The van der Waals surface area contributed by atoms with E-state index in [9.17, 15) is 42.6 Å². The minimum Gasteiger partial charge on any atom is -0.456 e. The van der Waals surface area contributed by atoms with Crippen LogP contribution in [0.15, 0.2) is 0 Å². The van der Waals surface area contributed by atoms with Crippen molar-refractivity contribution in [2.45, 2.75) is 128 Å². The Morgan fingerprint density at radius 2 is 0.809 bits per heavy atom. The number of hydrogen-bond acceptors (Lipinski definition) is 18. The fourth-order valence-corrected chi connectivity index (χ4v) is 8.27. The SMILES string of the molecule is CC(=O)C[C@H]1O[C@@H](S(=O)S[C@@H]2O[C@H](CC(C)=O)[C@@H](OC(C)=O)[C@H](OC(C)=O)[C@H]2OC(C)=O)[C@H](OC(C)=O)[C@@H](OC(C)=O)[C@@H]1OC(C)=O. The van der Waals surface area contributed by atoms with Crippen molar-refractivity contribution in [3.05, 3.63) is 0 Å². The van der Waals surface area contributed by atoms with E-state index in [1.54, 1.807) is 0 Å². The van der Waals surface area contributed by atoms with Crippen LogP contribution < -0.4 is 0 Å². The van der Waals surface area contributed by atoms with Gasteiger partial charge in [-0.15, -0.1) is 0 Å². The average Bonchev–Trinajstić information content (AvgIpc) is 2.89. The van der Waals surface area contributed by atoms with E-state index in [1.165, 1.54) is 13.8 Å². The molecular formula is C28H38O17S2. The zero-order valence-corrected chi connectivity index (χ0v) is 28.6. The smallest absolute Gasteiger partial charge is 0.303 e. The van der Waals surface area contributed by atoms with Crippen LogP contribution in [0.3, 0.4) is 0 Å². The van der Waals surface area contributed by atoms with Crippen molar-refractivity contribution in [3.63, 3.8) is 0 Å². The van der Waals surface area contributed by atoms with Crippen LogP contribution in [0.25, 0.3) is 0 Å². The molecule has 2 aliphatic rings. The first-order valence-corrected chi connectivity index (χ1v) is 16.8. The van der Waals surface area contributed by atoms with E-state index in [-0.39, 0.29) is 6.42 Å². The molecule has 2 aliphatic heterocycles. The largest absolute Gasteiger partial charge is 0.456 e. The summed E-state index contributed by atoms with van der Waals surface area (Å²) in [5.41, 5.74) is -3.21. The van der Waals surface area contributed by atoms with Crippen molar-refractivity contribution in [1.29, 1.82) is 0 Å². The molecule has 0 aromatic rings. The number of carbonyl (C=O) groups is 8. The Morgan fingerprint density at radius 1 is 0.489 bits per heavy atom. The Hall–Kier alpha value is -3.42. The predicted octanol–water partition coefficient (Wildman–Crippen LogP) is 0.382. The second kappa shape index (κ2) is 17.7. The van der Waals surface area contributed by atoms with E-state index in [1.807, 2.05) is 0 Å². The summed E-state index contributed by atoms with van der Waals surface area (Å²) in [5, 5.41) is 0. The second-order valence-corrected chi connectivity index (χ2v) is 13.9. The Bertz CT molecular complexity index is 1270. The molecule has 0 bridgehead atoms. The summed E-state index contributed by atoms with van der Waals surface area (Å²) in [4.78, 5) is 96.9. The molecule has 19 heteroatoms. The van der Waals surface area contributed by atoms with Crippen molar-refractivity contribution in [2.75, 3.05) is 0 Å². The number of ketones is 2. The lowest BCUT2D eigenvalue weighted by molar-refractivity contribution is -0.233. The third-order valence-electron chi connectivity index (χ3n) is 6.35. The number of rotatable bonds is 13. The summed E-state index contributed by atoms with van der Waals surface area (Å²) in [6.45, 7) is 8.62. The van der Waals surface area contributed by atoms with E-state index in [2.05, 4.69) is 0 Å². The Morgan fingerprint density at radius 3 is 1.19 bits per heavy atom. The van der Waals surface area contributed by atoms with E-state index in [4.69, 9.17) is 37.9 Å². The Balaban J connectivity index is 2.65. The normalized spacial score (nSPS) is 30.9. The second-order valence-electron chi connectivity index (χ2n) is 10.7. The van der Waals surface area contributed by atoms with Gasteiger partial charge >= 0.3 is 35.8 Å². The molecule has 0 aromatic heterocycles. The van der Waals surface area contributed by atoms with Crippen LogP contribution in [0, 0.1) is 0 Å². The van der Waals surface area contributed by atoms with Crippen LogP contribution in [0.4, 0.5) is 0 Å². The van der Waals surface area contributed by atoms with Gasteiger partial charge in [0.25, 0.3) is 0 Å². The van der Waals surface area contributed by atoms with Gasteiger partial charge in [0.15, 0.2) is 47.5 Å². The molecule has 2 rings (SSSR count). The molecule has 11 atom stereocenters. The molecule has 0 aliphatic carbocycles. The van der Waals surface area contributed by atoms with Gasteiger partial charge in [-0.1, -0.05) is 0 Å². The molecule has 2 fully saturated rings. The van der Waals surface area contributed by atoms with Crippen LogP contribution >= 0.6 is 10.8 Å². The molecule has 47 heavy (non-hydrogen) atoms. The fraction of sp³-hybridized carbons (Fsp3) is 0.714. The zero-order chi connectivity index (χ0) is 35.7. The molecule has 264 valence electrons. The maximum Gasteiger partial charge on any atom is 0.303 e. The maximum atomic E-state index is 14.1. The van der Waals surface area contributed by atoms with E-state index in [0.717, 1.165) is 41.5 Å². The summed E-state index contributed by atoms with van der Waals surface area (Å²) in [7, 11) is -2.01. The van der Waals surface area contributed by atoms with Gasteiger partial charge in [0.1, 0.15) is 33.6 Å². The van der Waals surface area contributed by atoms with Gasteiger partial charge in [0.05, 0.1) is 0 Å². The van der Waals surface area contributed by atoms with Crippen LogP contribution in [0.1, 0.15) is 68.2 Å². The van der Waals surface area contributed by atoms with Crippen molar-refractivity contribution in [3.8, 4) is 0 Å². The number of esters is 6. The highest BCUT2D eigenvalue weighted by Gasteiger charge is 2.57. The molecule has 2 heterocycles. The third-order valence-corrected chi connectivity index (χ3v) is 9.58. The lowest BCUT2D eigenvalue weighted by atomic mass is 9.95. The Labute approximate surface area is 276 Å². The molecule has 2 saturated heterocycles. The van der Waals surface area contributed by atoms with Gasteiger partial charge in [0, 0.05) is 54.4 Å². The third kappa shape index (κ3) is 12.0. The highest BCUT2D eigenvalue weighted by Crippen LogP contribution is 2.40. The number of carbonyl (C=O) groups excluding carboxylic acids is 8. The molecule has 0 radical (unpaired) electrons. The summed E-state index contributed by atoms with van der Waals surface area (Å²) < 4.78 is 58.3. The number of hydrogen-bond donors (Lipinski definition) is 0. The Kier molecular flexibility index (Phi) is 14.9. The van der Waals surface area contributed by atoms with Crippen molar-refractivity contribution in [1.82, 2.24) is 0 Å². The zero-order valence-electron chi connectivity index (χ0n) is 26.9. The lowest BCUT2D eigenvalue weighted by Gasteiger charge is -2.46. The molecule has 0 aromatic carbocycles. The quantitative estimate of drug-likeness (QED) is 0.143. The van der Waals surface area contributed by atoms with Gasteiger partial charge in [0.2, 0.25) is 0 Å². The average molecular weight is 711 g/mol. The van der Waals surface area contributed by atoms with Crippen molar-refractivity contribution >= 4 is 68.0 Å². The van der Waals surface area contributed by atoms with E-state index >= 15 is 0 Å². The van der Waals surface area contributed by atoms with Crippen LogP contribution in [-0.4, -0.2) is 111 Å². The van der Waals surface area contributed by atoms with Crippen molar-refractivity contribution < 1.29 is 80.5 Å². The molecule has 0 amide bonds. The monoisotopic (exact) mass is 710 g/mol. The first kappa shape index (κ1) is 39.8.